The van der Waals surface area contributed by atoms with Crippen LogP contribution in [-0.4, -0.2) is 17.7 Å². The first-order valence-corrected chi connectivity index (χ1v) is 2.41. The van der Waals surface area contributed by atoms with Crippen LogP contribution in [0.4, 0.5) is 0 Å². The van der Waals surface area contributed by atoms with Gasteiger partial charge in [0, 0.05) is 0 Å². The fraction of sp³-hybridized carbons (Fsp3) is 1.00. The van der Waals surface area contributed by atoms with Gasteiger partial charge in [0.2, 0.25) is 0 Å². The van der Waals surface area contributed by atoms with Crippen molar-refractivity contribution in [2.24, 2.45) is 0 Å². The van der Waals surface area contributed by atoms with E-state index in [1.165, 1.54) is 17.9 Å². The monoisotopic (exact) mass is 71.1 g/mol. The molecule has 26 valence electrons. The molecular formula is C4H9Li. The predicted molar refractivity (Wildman–Crippen MR) is 25.5 cm³/mol. The quantitative estimate of drug-likeness (QED) is 0.431. The average molecular weight is 71.1 g/mol. The van der Waals surface area contributed by atoms with Gasteiger partial charge in [-0.25, -0.2) is 0 Å². The first kappa shape index (κ1) is 5.60. The Kier molecular flexibility index (Phi) is 5.15. The van der Waals surface area contributed by atoms with Crippen LogP contribution in [0.3, 0.4) is 0 Å². The molecule has 0 spiro atoms. The summed E-state index contributed by atoms with van der Waals surface area (Å²) in [6.45, 7) is 2.21. The molecule has 1 heteroatoms. The van der Waals surface area contributed by atoms with Gasteiger partial charge in [0.05, 0.1) is 0 Å². The Morgan fingerprint density at radius 2 is 2.20 bits per heavy atom. The first-order chi connectivity index (χ1) is 2.41. The minimum atomic E-state index is 1.34. The topological polar surface area (TPSA) is 0 Å². The van der Waals surface area contributed by atoms with Gasteiger partial charge in [-0.1, -0.05) is 0 Å². The maximum atomic E-state index is 2.21. The molecule has 0 N–H and O–H groups in total. The molecule has 0 aliphatic rings. The molecule has 0 nitrogen and oxygen atoms in total. The zero-order valence-electron chi connectivity index (χ0n) is 4.12. The number of hydrogen-bond acceptors (Lipinski definition) is 0. The Hall–Kier alpha value is 0.597. The van der Waals surface area contributed by atoms with Crippen LogP contribution in [0.25, 0.3) is 0 Å². The average Bonchev–Trinajstić information content (AvgIpc) is 1.41. The van der Waals surface area contributed by atoms with Gasteiger partial charge in [0.1, 0.15) is 0 Å². The van der Waals surface area contributed by atoms with E-state index in [1.807, 2.05) is 0 Å². The molecule has 0 fully saturated rings. The van der Waals surface area contributed by atoms with Crippen LogP contribution >= 0.6 is 0 Å². The van der Waals surface area contributed by atoms with Crippen LogP contribution in [0.5, 0.6) is 0 Å². The van der Waals surface area contributed by atoms with E-state index in [0.29, 0.717) is 0 Å². The second-order valence-corrected chi connectivity index (χ2v) is 1.35. The first-order valence-electron chi connectivity index (χ1n) is 2.41. The summed E-state index contributed by atoms with van der Waals surface area (Å²) in [6.07, 6.45) is 2.73. The fourth-order valence-electron chi connectivity index (χ4n) is 0.354. The zero-order valence-corrected chi connectivity index (χ0v) is 4.12. The second kappa shape index (κ2) is 4.60. The molecule has 0 bridgehead atoms. The van der Waals surface area contributed by atoms with E-state index >= 15 is 0 Å². The van der Waals surface area contributed by atoms with E-state index in [1.54, 1.807) is 0 Å². The summed E-state index contributed by atoms with van der Waals surface area (Å²) in [5.41, 5.74) is 0. The van der Waals surface area contributed by atoms with Crippen molar-refractivity contribution < 1.29 is 0 Å². The van der Waals surface area contributed by atoms with E-state index in [-0.39, 0.29) is 0 Å². The Morgan fingerprint density at radius 3 is 2.20 bits per heavy atom. The standard InChI is InChI=1S/C4H9.Li/c1-3-4-2;/h1,3-4H2,2H3;/i;1+7. The van der Waals surface area contributed by atoms with E-state index < -0.39 is 0 Å². The van der Waals surface area contributed by atoms with Crippen molar-refractivity contribution >= 4 is 17.7 Å². The molecule has 0 heterocycles. The van der Waals surface area contributed by atoms with Crippen molar-refractivity contribution in [1.29, 1.82) is 0 Å². The molecule has 0 radical (unpaired) electrons. The molecule has 0 amide bonds. The van der Waals surface area contributed by atoms with Crippen LogP contribution < -0.4 is 0 Å². The molecule has 0 aromatic heterocycles. The molecule has 0 saturated carbocycles. The van der Waals surface area contributed by atoms with Crippen LogP contribution in [0.1, 0.15) is 19.8 Å². The maximum absolute atomic E-state index is 2.21. The van der Waals surface area contributed by atoms with Gasteiger partial charge in [-0.3, -0.25) is 0 Å². The predicted octanol–water partition coefficient (Wildman–Crippen LogP) is 1.37. The molecule has 0 unspecified atom stereocenters. The summed E-state index contributed by atoms with van der Waals surface area (Å²) in [5.74, 6) is 0. The van der Waals surface area contributed by atoms with Gasteiger partial charge < -0.3 is 0 Å². The Labute approximate surface area is 43.2 Å². The third-order valence-corrected chi connectivity index (χ3v) is 0.707. The number of hydrogen-bond donors (Lipinski definition) is 0. The van der Waals surface area contributed by atoms with E-state index in [9.17, 15) is 0 Å². The molecule has 5 heavy (non-hydrogen) atoms. The number of unbranched alkanes of at least 4 members (excludes halogenated alkanes) is 1. The molecule has 0 rings (SSSR count). The van der Waals surface area contributed by atoms with Crippen molar-refractivity contribution in [2.45, 2.75) is 24.9 Å². The molecule has 0 saturated heterocycles. The third-order valence-electron chi connectivity index (χ3n) is 0.707. The van der Waals surface area contributed by atoms with E-state index in [4.69, 9.17) is 0 Å². The molecule has 0 atom stereocenters. The Balaban J connectivity index is 2.19. The minimum absolute atomic E-state index is 1.34. The van der Waals surface area contributed by atoms with Gasteiger partial charge in [-0.15, -0.1) is 0 Å². The van der Waals surface area contributed by atoms with Gasteiger partial charge in [-0.2, -0.15) is 0 Å². The van der Waals surface area contributed by atoms with E-state index in [0.717, 1.165) is 0 Å². The molecular weight excluding hydrogens is 62.0 g/mol. The van der Waals surface area contributed by atoms with Crippen molar-refractivity contribution in [2.75, 3.05) is 0 Å². The second-order valence-electron chi connectivity index (χ2n) is 1.35. The summed E-state index contributed by atoms with van der Waals surface area (Å²) in [7, 11) is 0. The van der Waals surface area contributed by atoms with Gasteiger partial charge >= 0.3 is 42.6 Å². The van der Waals surface area contributed by atoms with Crippen LogP contribution in [-0.2, 0) is 0 Å². The van der Waals surface area contributed by atoms with Crippen LogP contribution in [0.15, 0.2) is 0 Å². The third kappa shape index (κ3) is 4.60. The zero-order chi connectivity index (χ0) is 4.12. The van der Waals surface area contributed by atoms with Crippen molar-refractivity contribution in [3.8, 4) is 0 Å². The summed E-state index contributed by atoms with van der Waals surface area (Å²) < 4.78 is 0. The summed E-state index contributed by atoms with van der Waals surface area (Å²) in [5, 5.41) is 1.34. The van der Waals surface area contributed by atoms with Crippen LogP contribution in [0.2, 0.25) is 5.09 Å². The molecule has 0 aliphatic carbocycles. The SMILES string of the molecule is [14Li][CH2]CCC. The van der Waals surface area contributed by atoms with E-state index in [2.05, 4.69) is 24.6 Å². The van der Waals surface area contributed by atoms with Crippen molar-refractivity contribution in [3.05, 3.63) is 0 Å². The summed E-state index contributed by atoms with van der Waals surface area (Å²) in [6, 6.07) is 0. The summed E-state index contributed by atoms with van der Waals surface area (Å²) in [4.78, 5) is 0. The fourth-order valence-corrected chi connectivity index (χ4v) is 0.354. The molecule has 0 aromatic rings. The van der Waals surface area contributed by atoms with Crippen molar-refractivity contribution in [3.63, 3.8) is 0 Å². The number of rotatable bonds is 2. The molecule has 0 aromatic carbocycles. The van der Waals surface area contributed by atoms with Gasteiger partial charge in [-0.05, 0) is 0 Å². The normalized spacial score (nSPS) is 8.60. The van der Waals surface area contributed by atoms with Gasteiger partial charge in [0.25, 0.3) is 0 Å². The van der Waals surface area contributed by atoms with Crippen molar-refractivity contribution in [1.82, 2.24) is 0 Å². The van der Waals surface area contributed by atoms with Crippen LogP contribution in [0, 0.1) is 0 Å². The molecule has 0 aliphatic heterocycles. The van der Waals surface area contributed by atoms with Gasteiger partial charge in [0.15, 0.2) is 0 Å². The Bertz CT molecular complexity index is 11.1. The Morgan fingerprint density at radius 1 is 1.60 bits per heavy atom. The summed E-state index contributed by atoms with van der Waals surface area (Å²) >= 11 is 2.21.